The van der Waals surface area contributed by atoms with Crippen LogP contribution in [0.4, 0.5) is 4.79 Å². The highest BCUT2D eigenvalue weighted by atomic mass is 35.5. The molecule has 2 heterocycles. The maximum absolute atomic E-state index is 12.8. The number of esters is 1. The molecular formula is C20H17ClN2O5. The Bertz CT molecular complexity index is 971. The maximum Gasteiger partial charge on any atom is 0.338 e. The molecule has 4 rings (SSSR count). The maximum atomic E-state index is 12.8. The van der Waals surface area contributed by atoms with Crippen molar-refractivity contribution in [2.45, 2.75) is 19.6 Å². The molecule has 0 saturated carbocycles. The number of halogens is 1. The monoisotopic (exact) mass is 400 g/mol. The van der Waals surface area contributed by atoms with E-state index < -0.39 is 12.0 Å². The predicted octanol–water partition coefficient (Wildman–Crippen LogP) is 3.44. The van der Waals surface area contributed by atoms with E-state index in [4.69, 9.17) is 25.8 Å². The summed E-state index contributed by atoms with van der Waals surface area (Å²) in [6.07, 6.45) is 0. The first-order chi connectivity index (χ1) is 13.5. The largest absolute Gasteiger partial charge is 0.457 e. The molecule has 28 heavy (non-hydrogen) atoms. The summed E-state index contributed by atoms with van der Waals surface area (Å²) in [6, 6.07) is 11.3. The summed E-state index contributed by atoms with van der Waals surface area (Å²) in [7, 11) is 0. The van der Waals surface area contributed by atoms with Crippen molar-refractivity contribution in [3.63, 3.8) is 0 Å². The molecule has 2 aliphatic heterocycles. The average molecular weight is 401 g/mol. The first-order valence-electron chi connectivity index (χ1n) is 8.60. The van der Waals surface area contributed by atoms with Gasteiger partial charge in [0.2, 0.25) is 6.79 Å². The third-order valence-electron chi connectivity index (χ3n) is 4.50. The number of carbonyl (C=O) groups is 2. The Hall–Kier alpha value is -3.19. The van der Waals surface area contributed by atoms with E-state index >= 15 is 0 Å². The van der Waals surface area contributed by atoms with Gasteiger partial charge in [-0.2, -0.15) is 0 Å². The fraction of sp³-hybridized carbons (Fsp3) is 0.200. The van der Waals surface area contributed by atoms with Gasteiger partial charge < -0.3 is 24.8 Å². The van der Waals surface area contributed by atoms with Gasteiger partial charge in [-0.25, -0.2) is 9.59 Å². The number of allylic oxidation sites excluding steroid dienone is 1. The normalized spacial score (nSPS) is 17.8. The number of amides is 2. The fourth-order valence-electron chi connectivity index (χ4n) is 3.13. The molecule has 0 aliphatic carbocycles. The summed E-state index contributed by atoms with van der Waals surface area (Å²) in [5.74, 6) is 0.757. The lowest BCUT2D eigenvalue weighted by atomic mass is 9.95. The van der Waals surface area contributed by atoms with Gasteiger partial charge >= 0.3 is 12.0 Å². The van der Waals surface area contributed by atoms with E-state index in [9.17, 15) is 9.59 Å². The minimum atomic E-state index is -0.629. The van der Waals surface area contributed by atoms with Crippen molar-refractivity contribution < 1.29 is 23.8 Å². The Labute approximate surface area is 166 Å². The molecular weight excluding hydrogens is 384 g/mol. The zero-order chi connectivity index (χ0) is 19.7. The fourth-order valence-corrected chi connectivity index (χ4v) is 3.25. The molecule has 0 aromatic heterocycles. The van der Waals surface area contributed by atoms with Crippen molar-refractivity contribution in [1.29, 1.82) is 0 Å². The summed E-state index contributed by atoms with van der Waals surface area (Å²) < 4.78 is 16.1. The van der Waals surface area contributed by atoms with E-state index in [0.717, 1.165) is 11.1 Å². The number of hydrogen-bond acceptors (Lipinski definition) is 5. The first kappa shape index (κ1) is 18.2. The molecule has 0 fully saturated rings. The topological polar surface area (TPSA) is 85.9 Å². The number of ether oxygens (including phenoxy) is 3. The minimum absolute atomic E-state index is 0.0630. The van der Waals surface area contributed by atoms with Gasteiger partial charge in [-0.1, -0.05) is 29.8 Å². The van der Waals surface area contributed by atoms with Crippen LogP contribution in [-0.2, 0) is 16.1 Å². The summed E-state index contributed by atoms with van der Waals surface area (Å²) in [5.41, 5.74) is 2.28. The van der Waals surface area contributed by atoms with Crippen LogP contribution in [0.3, 0.4) is 0 Å². The predicted molar refractivity (Wildman–Crippen MR) is 101 cm³/mol. The highest BCUT2D eigenvalue weighted by Gasteiger charge is 2.32. The van der Waals surface area contributed by atoms with Crippen molar-refractivity contribution in [2.24, 2.45) is 0 Å². The second-order valence-electron chi connectivity index (χ2n) is 6.39. The van der Waals surface area contributed by atoms with Gasteiger partial charge in [0.25, 0.3) is 0 Å². The average Bonchev–Trinajstić information content (AvgIpc) is 3.14. The second kappa shape index (κ2) is 7.44. The number of nitrogens with one attached hydrogen (secondary N) is 2. The van der Waals surface area contributed by atoms with Crippen LogP contribution in [0.15, 0.2) is 53.7 Å². The van der Waals surface area contributed by atoms with E-state index in [1.807, 2.05) is 0 Å². The summed E-state index contributed by atoms with van der Waals surface area (Å²) in [5, 5.41) is 5.94. The third-order valence-corrected chi connectivity index (χ3v) is 4.75. The zero-order valence-electron chi connectivity index (χ0n) is 15.0. The van der Waals surface area contributed by atoms with Crippen LogP contribution < -0.4 is 20.1 Å². The van der Waals surface area contributed by atoms with Gasteiger partial charge in [-0.05, 0) is 42.3 Å². The van der Waals surface area contributed by atoms with Crippen LogP contribution in [0.1, 0.15) is 24.1 Å². The second-order valence-corrected chi connectivity index (χ2v) is 6.82. The lowest BCUT2D eigenvalue weighted by molar-refractivity contribution is -0.140. The molecule has 2 aliphatic rings. The van der Waals surface area contributed by atoms with Crippen LogP contribution in [0.25, 0.3) is 0 Å². The number of benzene rings is 2. The van der Waals surface area contributed by atoms with Crippen LogP contribution in [0, 0.1) is 0 Å². The molecule has 2 N–H and O–H groups in total. The molecule has 2 aromatic carbocycles. The molecule has 0 radical (unpaired) electrons. The quantitative estimate of drug-likeness (QED) is 0.768. The Morgan fingerprint density at radius 2 is 1.93 bits per heavy atom. The highest BCUT2D eigenvalue weighted by molar-refractivity contribution is 6.30. The Morgan fingerprint density at radius 1 is 1.18 bits per heavy atom. The standard InChI is InChI=1S/C20H17ClN2O5/c1-11-17(18(23-20(25)22-11)13-3-5-14(21)6-4-13)19(24)26-9-12-2-7-15-16(8-12)28-10-27-15/h2-8,18H,9-10H2,1H3,(H2,22,23,25)/t18-/m1/s1. The van der Waals surface area contributed by atoms with E-state index in [2.05, 4.69) is 10.6 Å². The third kappa shape index (κ3) is 3.61. The molecule has 0 bridgehead atoms. The smallest absolute Gasteiger partial charge is 0.338 e. The number of urea groups is 1. The van der Waals surface area contributed by atoms with Gasteiger partial charge in [0.15, 0.2) is 11.5 Å². The van der Waals surface area contributed by atoms with Crippen molar-refractivity contribution >= 4 is 23.6 Å². The lowest BCUT2D eigenvalue weighted by Crippen LogP contribution is -2.45. The lowest BCUT2D eigenvalue weighted by Gasteiger charge is -2.28. The number of fused-ring (bicyclic) bond motifs is 1. The van der Waals surface area contributed by atoms with E-state index in [1.54, 1.807) is 49.4 Å². The number of carbonyl (C=O) groups excluding carboxylic acids is 2. The van der Waals surface area contributed by atoms with E-state index in [0.29, 0.717) is 27.8 Å². The molecule has 144 valence electrons. The molecule has 2 amide bonds. The summed E-state index contributed by atoms with van der Waals surface area (Å²) in [6.45, 7) is 1.91. The molecule has 0 saturated heterocycles. The van der Waals surface area contributed by atoms with Crippen LogP contribution in [0.2, 0.25) is 5.02 Å². The molecule has 8 heteroatoms. The Morgan fingerprint density at radius 3 is 2.71 bits per heavy atom. The Balaban J connectivity index is 1.54. The zero-order valence-corrected chi connectivity index (χ0v) is 15.7. The van der Waals surface area contributed by atoms with E-state index in [-0.39, 0.29) is 19.4 Å². The SMILES string of the molecule is CC1=C(C(=O)OCc2ccc3c(c2)OCO3)[C@@H](c2ccc(Cl)cc2)NC(=O)N1. The van der Waals surface area contributed by atoms with Crippen LogP contribution >= 0.6 is 11.6 Å². The van der Waals surface area contributed by atoms with Gasteiger partial charge in [0.05, 0.1) is 11.6 Å². The minimum Gasteiger partial charge on any atom is -0.457 e. The molecule has 2 aromatic rings. The van der Waals surface area contributed by atoms with Crippen molar-refractivity contribution in [3.05, 3.63) is 69.9 Å². The number of hydrogen-bond donors (Lipinski definition) is 2. The van der Waals surface area contributed by atoms with Gasteiger partial charge in [-0.3, -0.25) is 0 Å². The number of rotatable bonds is 4. The van der Waals surface area contributed by atoms with Gasteiger partial charge in [0, 0.05) is 10.7 Å². The van der Waals surface area contributed by atoms with E-state index in [1.165, 1.54) is 0 Å². The van der Waals surface area contributed by atoms with Gasteiger partial charge in [-0.15, -0.1) is 0 Å². The van der Waals surface area contributed by atoms with Crippen LogP contribution in [-0.4, -0.2) is 18.8 Å². The van der Waals surface area contributed by atoms with Crippen molar-refractivity contribution in [3.8, 4) is 11.5 Å². The van der Waals surface area contributed by atoms with Crippen molar-refractivity contribution in [2.75, 3.05) is 6.79 Å². The molecule has 7 nitrogen and oxygen atoms in total. The summed E-state index contributed by atoms with van der Waals surface area (Å²) in [4.78, 5) is 24.7. The molecule has 0 spiro atoms. The molecule has 0 unspecified atom stereocenters. The van der Waals surface area contributed by atoms with Crippen LogP contribution in [0.5, 0.6) is 11.5 Å². The molecule has 1 atom stereocenters. The highest BCUT2D eigenvalue weighted by Crippen LogP contribution is 2.33. The van der Waals surface area contributed by atoms with Gasteiger partial charge in [0.1, 0.15) is 6.61 Å². The van der Waals surface area contributed by atoms with Crippen molar-refractivity contribution in [1.82, 2.24) is 10.6 Å². The Kier molecular flexibility index (Phi) is 4.83. The first-order valence-corrected chi connectivity index (χ1v) is 8.98. The summed E-state index contributed by atoms with van der Waals surface area (Å²) >= 11 is 5.94.